The van der Waals surface area contributed by atoms with Gasteiger partial charge in [-0.15, -0.1) is 0 Å². The number of nitrogens with two attached hydrogens (primary N) is 1. The summed E-state index contributed by atoms with van der Waals surface area (Å²) in [6.45, 7) is 0. The lowest BCUT2D eigenvalue weighted by Gasteiger charge is -2.02. The number of nitrogens with zero attached hydrogens (tertiary/aromatic N) is 2. The first-order valence-corrected chi connectivity index (χ1v) is 4.03. The zero-order valence-corrected chi connectivity index (χ0v) is 8.24. The lowest BCUT2D eigenvalue weighted by Crippen LogP contribution is -2.21. The Morgan fingerprint density at radius 3 is 2.69 bits per heavy atom. The molecule has 0 unspecified atom stereocenters. The van der Waals surface area contributed by atoms with Gasteiger partial charge in [-0.25, -0.2) is 0 Å². The zero-order valence-electron chi connectivity index (χ0n) is 6.65. The molecule has 7 heteroatoms. The van der Waals surface area contributed by atoms with Crippen LogP contribution in [0.4, 0.5) is 11.4 Å². The molecule has 0 aliphatic heterocycles. The number of halogens is 1. The van der Waals surface area contributed by atoms with Crippen molar-refractivity contribution in [2.24, 2.45) is 7.05 Å². The van der Waals surface area contributed by atoms with Crippen LogP contribution in [0.5, 0.6) is 0 Å². The summed E-state index contributed by atoms with van der Waals surface area (Å²) in [5, 5.41) is 10.4. The Bertz CT molecular complexity index is 426. The van der Waals surface area contributed by atoms with Crippen LogP contribution in [0.15, 0.2) is 15.5 Å². The van der Waals surface area contributed by atoms with E-state index in [1.807, 2.05) is 0 Å². The standard InChI is InChI=1S/C6H6BrN3O3/c1-9-2-3(7)4(8)5(6(9)11)10(12)13/h2H,8H2,1H3. The van der Waals surface area contributed by atoms with E-state index in [1.165, 1.54) is 13.2 Å². The van der Waals surface area contributed by atoms with Gasteiger partial charge in [0.2, 0.25) is 0 Å². The molecule has 0 radical (unpaired) electrons. The summed E-state index contributed by atoms with van der Waals surface area (Å²) < 4.78 is 1.43. The van der Waals surface area contributed by atoms with Crippen LogP contribution in [0.3, 0.4) is 0 Å². The molecule has 0 aliphatic rings. The Morgan fingerprint density at radius 1 is 1.69 bits per heavy atom. The summed E-state index contributed by atoms with van der Waals surface area (Å²) in [5.41, 5.74) is 3.89. The van der Waals surface area contributed by atoms with Gasteiger partial charge in [-0.1, -0.05) is 0 Å². The van der Waals surface area contributed by atoms with Crippen molar-refractivity contribution in [3.63, 3.8) is 0 Å². The summed E-state index contributed by atoms with van der Waals surface area (Å²) in [6.07, 6.45) is 1.38. The van der Waals surface area contributed by atoms with Crippen LogP contribution in [-0.4, -0.2) is 9.49 Å². The summed E-state index contributed by atoms with van der Waals surface area (Å²) in [4.78, 5) is 20.9. The molecule has 0 aromatic carbocycles. The molecule has 0 aliphatic carbocycles. The molecule has 2 N–H and O–H groups in total. The van der Waals surface area contributed by atoms with E-state index in [0.717, 1.165) is 4.57 Å². The van der Waals surface area contributed by atoms with E-state index in [1.54, 1.807) is 0 Å². The van der Waals surface area contributed by atoms with E-state index in [9.17, 15) is 14.9 Å². The van der Waals surface area contributed by atoms with E-state index in [-0.39, 0.29) is 5.69 Å². The maximum atomic E-state index is 11.2. The molecule has 1 aromatic heterocycles. The van der Waals surface area contributed by atoms with Crippen molar-refractivity contribution in [2.45, 2.75) is 0 Å². The number of hydrogen-bond donors (Lipinski definition) is 1. The van der Waals surface area contributed by atoms with Crippen molar-refractivity contribution >= 4 is 27.3 Å². The van der Waals surface area contributed by atoms with Crippen LogP contribution < -0.4 is 11.3 Å². The number of aromatic nitrogens is 1. The molecule has 6 nitrogen and oxygen atoms in total. The first-order valence-electron chi connectivity index (χ1n) is 3.24. The molecule has 1 aromatic rings. The monoisotopic (exact) mass is 247 g/mol. The van der Waals surface area contributed by atoms with Gasteiger partial charge in [-0.05, 0) is 15.9 Å². The molecule has 0 atom stereocenters. The summed E-state index contributed by atoms with van der Waals surface area (Å²) in [6, 6.07) is 0. The van der Waals surface area contributed by atoms with Crippen LogP contribution >= 0.6 is 15.9 Å². The van der Waals surface area contributed by atoms with Gasteiger partial charge in [0.25, 0.3) is 0 Å². The smallest absolute Gasteiger partial charge is 0.357 e. The van der Waals surface area contributed by atoms with E-state index in [4.69, 9.17) is 5.73 Å². The minimum Gasteiger partial charge on any atom is -0.392 e. The maximum Gasteiger partial charge on any atom is 0.357 e. The van der Waals surface area contributed by atoms with E-state index < -0.39 is 16.2 Å². The topological polar surface area (TPSA) is 91.2 Å². The van der Waals surface area contributed by atoms with Crippen LogP contribution in [-0.2, 0) is 7.05 Å². The number of pyridine rings is 1. The zero-order chi connectivity index (χ0) is 10.2. The van der Waals surface area contributed by atoms with Crippen molar-refractivity contribution in [2.75, 3.05) is 5.73 Å². The molecule has 0 bridgehead atoms. The third-order valence-electron chi connectivity index (χ3n) is 1.52. The van der Waals surface area contributed by atoms with E-state index in [0.29, 0.717) is 4.47 Å². The second-order valence-corrected chi connectivity index (χ2v) is 3.27. The lowest BCUT2D eigenvalue weighted by molar-refractivity contribution is -0.385. The first-order chi connectivity index (χ1) is 5.95. The van der Waals surface area contributed by atoms with Gasteiger partial charge in [-0.2, -0.15) is 0 Å². The SMILES string of the molecule is Cn1cc(Br)c(N)c([N+](=O)[O-])c1=O. The highest BCUT2D eigenvalue weighted by Crippen LogP contribution is 2.24. The number of anilines is 1. The highest BCUT2D eigenvalue weighted by Gasteiger charge is 2.20. The molecule has 70 valence electrons. The number of nitrogen functional groups attached to an aromatic ring is 1. The summed E-state index contributed by atoms with van der Waals surface area (Å²) in [7, 11) is 1.42. The summed E-state index contributed by atoms with van der Waals surface area (Å²) >= 11 is 3.01. The normalized spacial score (nSPS) is 10.0. The molecule has 1 rings (SSSR count). The van der Waals surface area contributed by atoms with Crippen molar-refractivity contribution in [3.8, 4) is 0 Å². The van der Waals surface area contributed by atoms with Gasteiger partial charge >= 0.3 is 11.2 Å². The number of aryl methyl sites for hydroxylation is 1. The van der Waals surface area contributed by atoms with E-state index >= 15 is 0 Å². The Labute approximate surface area is 81.2 Å². The number of hydrogen-bond acceptors (Lipinski definition) is 4. The molecule has 0 saturated carbocycles. The third kappa shape index (κ3) is 1.55. The van der Waals surface area contributed by atoms with Gasteiger partial charge in [0.1, 0.15) is 5.69 Å². The van der Waals surface area contributed by atoms with Crippen molar-refractivity contribution in [1.82, 2.24) is 4.57 Å². The molecule has 1 heterocycles. The molecule has 0 amide bonds. The second-order valence-electron chi connectivity index (χ2n) is 2.41. The molecular formula is C6H6BrN3O3. The van der Waals surface area contributed by atoms with Crippen LogP contribution in [0.1, 0.15) is 0 Å². The third-order valence-corrected chi connectivity index (χ3v) is 2.16. The first kappa shape index (κ1) is 9.72. The van der Waals surface area contributed by atoms with E-state index in [2.05, 4.69) is 15.9 Å². The highest BCUT2D eigenvalue weighted by molar-refractivity contribution is 9.10. The maximum absolute atomic E-state index is 11.2. The molecule has 0 fully saturated rings. The van der Waals surface area contributed by atoms with Gasteiger partial charge in [-0.3, -0.25) is 14.9 Å². The van der Waals surface area contributed by atoms with Gasteiger partial charge in [0.05, 0.1) is 9.40 Å². The largest absolute Gasteiger partial charge is 0.392 e. The predicted octanol–water partition coefficient (Wildman–Crippen LogP) is 0.638. The Kier molecular flexibility index (Phi) is 2.37. The van der Waals surface area contributed by atoms with Crippen molar-refractivity contribution in [3.05, 3.63) is 31.1 Å². The van der Waals surface area contributed by atoms with Gasteiger partial charge in [0, 0.05) is 13.2 Å². The Hall–Kier alpha value is -1.37. The fourth-order valence-electron chi connectivity index (χ4n) is 0.870. The van der Waals surface area contributed by atoms with Crippen LogP contribution in [0, 0.1) is 10.1 Å². The Morgan fingerprint density at radius 2 is 2.23 bits per heavy atom. The average molecular weight is 248 g/mol. The van der Waals surface area contributed by atoms with Crippen molar-refractivity contribution < 1.29 is 4.92 Å². The average Bonchev–Trinajstić information content (AvgIpc) is 2.01. The molecular weight excluding hydrogens is 242 g/mol. The highest BCUT2D eigenvalue weighted by atomic mass is 79.9. The fraction of sp³-hybridized carbons (Fsp3) is 0.167. The second kappa shape index (κ2) is 3.17. The number of rotatable bonds is 1. The summed E-state index contributed by atoms with van der Waals surface area (Å²) in [5.74, 6) is 0. The van der Waals surface area contributed by atoms with Crippen LogP contribution in [0.25, 0.3) is 0 Å². The van der Waals surface area contributed by atoms with Gasteiger partial charge in [0.15, 0.2) is 0 Å². The van der Waals surface area contributed by atoms with Gasteiger partial charge < -0.3 is 10.3 Å². The quantitative estimate of drug-likeness (QED) is 0.583. The predicted molar refractivity (Wildman–Crippen MR) is 50.4 cm³/mol. The van der Waals surface area contributed by atoms with Crippen molar-refractivity contribution in [1.29, 1.82) is 0 Å². The minimum absolute atomic E-state index is 0.145. The minimum atomic E-state index is -0.789. The van der Waals surface area contributed by atoms with Crippen LogP contribution in [0.2, 0.25) is 0 Å². The molecule has 13 heavy (non-hydrogen) atoms. The fourth-order valence-corrected chi connectivity index (χ4v) is 1.36. The molecule has 0 saturated heterocycles. The Balaban J connectivity index is 3.66. The number of nitro groups is 1. The lowest BCUT2D eigenvalue weighted by atomic mass is 10.3. The molecule has 0 spiro atoms.